The van der Waals surface area contributed by atoms with Crippen LogP contribution in [0, 0.1) is 0 Å². The summed E-state index contributed by atoms with van der Waals surface area (Å²) in [7, 11) is 0. The number of thioether (sulfide) groups is 1. The van der Waals surface area contributed by atoms with Crippen LogP contribution in [-0.2, 0) is 14.3 Å². The normalized spacial score (nSPS) is 20.9. The number of hydrogen-bond donors (Lipinski definition) is 1. The van der Waals surface area contributed by atoms with Gasteiger partial charge in [0.15, 0.2) is 10.4 Å². The number of rotatable bonds is 6. The van der Waals surface area contributed by atoms with Gasteiger partial charge in [-0.2, -0.15) is 0 Å². The van der Waals surface area contributed by atoms with Crippen molar-refractivity contribution >= 4 is 46.3 Å². The second-order valence-corrected chi connectivity index (χ2v) is 7.66. The number of nitrogens with zero attached hydrogens (tertiary/aromatic N) is 2. The van der Waals surface area contributed by atoms with Crippen molar-refractivity contribution in [3.63, 3.8) is 0 Å². The average molecular weight is 409 g/mol. The van der Waals surface area contributed by atoms with E-state index in [9.17, 15) is 9.59 Å². The summed E-state index contributed by atoms with van der Waals surface area (Å²) >= 11 is 6.64. The molecule has 0 aliphatic carbocycles. The van der Waals surface area contributed by atoms with Crippen LogP contribution in [0.2, 0.25) is 0 Å². The zero-order valence-corrected chi connectivity index (χ0v) is 16.4. The van der Waals surface area contributed by atoms with Crippen molar-refractivity contribution in [2.75, 3.05) is 26.3 Å². The summed E-state index contributed by atoms with van der Waals surface area (Å²) in [5.41, 5.74) is 0.813. The quantitative estimate of drug-likeness (QED) is 0.568. The van der Waals surface area contributed by atoms with E-state index in [4.69, 9.17) is 26.8 Å². The minimum Gasteiger partial charge on any atom is -0.479 e. The van der Waals surface area contributed by atoms with Gasteiger partial charge in [-0.3, -0.25) is 4.79 Å². The van der Waals surface area contributed by atoms with Gasteiger partial charge in [-0.15, -0.1) is 0 Å². The van der Waals surface area contributed by atoms with Gasteiger partial charge in [0, 0.05) is 13.1 Å². The van der Waals surface area contributed by atoms with Gasteiger partial charge in [-0.1, -0.05) is 43.0 Å². The first kappa shape index (κ1) is 19.8. The zero-order chi connectivity index (χ0) is 19.4. The number of carboxylic acids is 1. The van der Waals surface area contributed by atoms with Gasteiger partial charge >= 0.3 is 5.97 Å². The van der Waals surface area contributed by atoms with Crippen LogP contribution < -0.4 is 4.74 Å². The molecule has 2 aliphatic rings. The topological polar surface area (TPSA) is 79.3 Å². The van der Waals surface area contributed by atoms with Crippen molar-refractivity contribution in [1.29, 1.82) is 0 Å². The highest BCUT2D eigenvalue weighted by Gasteiger charge is 2.36. The van der Waals surface area contributed by atoms with E-state index in [-0.39, 0.29) is 5.91 Å². The Morgan fingerprint density at radius 1 is 1.37 bits per heavy atom. The van der Waals surface area contributed by atoms with E-state index in [0.717, 1.165) is 5.56 Å². The van der Waals surface area contributed by atoms with Gasteiger partial charge in [-0.25, -0.2) is 14.8 Å². The van der Waals surface area contributed by atoms with E-state index in [1.807, 2.05) is 5.01 Å². The molecule has 0 spiro atoms. The van der Waals surface area contributed by atoms with Crippen molar-refractivity contribution in [2.24, 2.45) is 0 Å². The monoisotopic (exact) mass is 408 g/mol. The minimum atomic E-state index is -0.992. The molecule has 144 valence electrons. The van der Waals surface area contributed by atoms with E-state index in [1.165, 1.54) is 11.8 Å². The lowest BCUT2D eigenvalue weighted by molar-refractivity contribution is -0.145. The minimum absolute atomic E-state index is 0.135. The number of aliphatic carboxylic acids is 1. The first-order valence-corrected chi connectivity index (χ1v) is 9.82. The molecule has 7 nitrogen and oxygen atoms in total. The van der Waals surface area contributed by atoms with Crippen molar-refractivity contribution in [3.05, 3.63) is 34.7 Å². The molecule has 1 unspecified atom stereocenters. The first-order chi connectivity index (χ1) is 13.0. The second-order valence-electron chi connectivity index (χ2n) is 5.98. The van der Waals surface area contributed by atoms with Crippen LogP contribution in [0.4, 0.5) is 0 Å². The van der Waals surface area contributed by atoms with Gasteiger partial charge in [0.1, 0.15) is 5.75 Å². The third-order valence-corrected chi connectivity index (χ3v) is 5.43. The summed E-state index contributed by atoms with van der Waals surface area (Å²) < 4.78 is 11.3. The summed E-state index contributed by atoms with van der Waals surface area (Å²) in [6.45, 7) is 4.17. The fraction of sp³-hybridized carbons (Fsp3) is 0.389. The van der Waals surface area contributed by atoms with Crippen LogP contribution in [-0.4, -0.2) is 63.7 Å². The molecule has 1 amide bonds. The first-order valence-electron chi connectivity index (χ1n) is 8.59. The number of thiocarbonyl (C=S) groups is 1. The standard InChI is InChI=1S/C18H20N2O5S2/c1-2-14(17(22)23)25-13-5-3-12(4-6-13)11-15-16(21)20(18(26)27-15)19-7-9-24-10-8-19/h3-6,11,14H,2,7-10H2,1H3,(H,22,23)/b15-11+. The Morgan fingerprint density at radius 3 is 2.63 bits per heavy atom. The number of morpholine rings is 1. The molecular formula is C18H20N2O5S2. The number of benzene rings is 1. The molecule has 27 heavy (non-hydrogen) atoms. The predicted molar refractivity (Wildman–Crippen MR) is 106 cm³/mol. The van der Waals surface area contributed by atoms with Gasteiger partial charge in [0.25, 0.3) is 5.91 Å². The van der Waals surface area contributed by atoms with Crippen molar-refractivity contribution < 1.29 is 24.2 Å². The Morgan fingerprint density at radius 2 is 2.04 bits per heavy atom. The predicted octanol–water partition coefficient (Wildman–Crippen LogP) is 2.38. The Kier molecular flexibility index (Phi) is 6.48. The Labute approximate surface area is 166 Å². The maximum absolute atomic E-state index is 12.7. The van der Waals surface area contributed by atoms with Crippen LogP contribution in [0.5, 0.6) is 5.75 Å². The smallest absolute Gasteiger partial charge is 0.344 e. The van der Waals surface area contributed by atoms with Crippen LogP contribution >= 0.6 is 24.0 Å². The number of hydrazine groups is 1. The average Bonchev–Trinajstić information content (AvgIpc) is 2.94. The maximum atomic E-state index is 12.7. The van der Waals surface area contributed by atoms with Crippen molar-refractivity contribution in [3.8, 4) is 5.75 Å². The molecule has 2 saturated heterocycles. The van der Waals surface area contributed by atoms with E-state index in [1.54, 1.807) is 42.3 Å². The summed E-state index contributed by atoms with van der Waals surface area (Å²) in [6.07, 6.45) is 1.28. The highest BCUT2D eigenvalue weighted by molar-refractivity contribution is 8.26. The Balaban J connectivity index is 1.70. The van der Waals surface area contributed by atoms with E-state index in [0.29, 0.717) is 47.7 Å². The highest BCUT2D eigenvalue weighted by Crippen LogP contribution is 2.34. The lowest BCUT2D eigenvalue weighted by Gasteiger charge is -2.33. The molecule has 2 aliphatic heterocycles. The molecule has 0 aromatic heterocycles. The number of amides is 1. The number of hydrogen-bond acceptors (Lipinski definition) is 7. The third kappa shape index (κ3) is 4.67. The highest BCUT2D eigenvalue weighted by atomic mass is 32.2. The zero-order valence-electron chi connectivity index (χ0n) is 14.8. The molecule has 0 bridgehead atoms. The van der Waals surface area contributed by atoms with E-state index >= 15 is 0 Å². The van der Waals surface area contributed by atoms with Crippen molar-refractivity contribution in [1.82, 2.24) is 10.0 Å². The molecular weight excluding hydrogens is 388 g/mol. The number of ether oxygens (including phenoxy) is 2. The molecule has 0 radical (unpaired) electrons. The van der Waals surface area contributed by atoms with Crippen LogP contribution in [0.15, 0.2) is 29.2 Å². The van der Waals surface area contributed by atoms with Gasteiger partial charge in [0.05, 0.1) is 18.1 Å². The van der Waals surface area contributed by atoms with Gasteiger partial charge in [-0.05, 0) is 30.2 Å². The molecule has 1 N–H and O–H groups in total. The fourth-order valence-corrected chi connectivity index (χ4v) is 4.03. The maximum Gasteiger partial charge on any atom is 0.344 e. The molecule has 9 heteroatoms. The molecule has 1 atom stereocenters. The summed E-state index contributed by atoms with van der Waals surface area (Å²) in [4.78, 5) is 24.3. The SMILES string of the molecule is CCC(Oc1ccc(/C=C2/SC(=S)N(N3CCOCC3)C2=O)cc1)C(=O)O. The lowest BCUT2D eigenvalue weighted by Crippen LogP contribution is -2.50. The molecule has 2 heterocycles. The fourth-order valence-electron chi connectivity index (χ4n) is 2.72. The number of carbonyl (C=O) groups is 2. The second kappa shape index (κ2) is 8.83. The summed E-state index contributed by atoms with van der Waals surface area (Å²) in [5.74, 6) is -0.653. The van der Waals surface area contributed by atoms with Crippen LogP contribution in [0.25, 0.3) is 6.08 Å². The van der Waals surface area contributed by atoms with Crippen LogP contribution in [0.3, 0.4) is 0 Å². The number of carboxylic acid groups (broad SMARTS) is 1. The molecule has 1 aromatic carbocycles. The Bertz CT molecular complexity index is 760. The lowest BCUT2D eigenvalue weighted by atomic mass is 10.2. The van der Waals surface area contributed by atoms with Gasteiger partial charge in [0.2, 0.25) is 0 Å². The van der Waals surface area contributed by atoms with Crippen molar-refractivity contribution in [2.45, 2.75) is 19.4 Å². The summed E-state index contributed by atoms with van der Waals surface area (Å²) in [6, 6.07) is 6.96. The molecule has 0 saturated carbocycles. The molecule has 1 aromatic rings. The molecule has 3 rings (SSSR count). The summed E-state index contributed by atoms with van der Waals surface area (Å²) in [5, 5.41) is 12.5. The van der Waals surface area contributed by atoms with E-state index in [2.05, 4.69) is 0 Å². The third-order valence-electron chi connectivity index (χ3n) is 4.15. The van der Waals surface area contributed by atoms with Gasteiger partial charge < -0.3 is 14.6 Å². The van der Waals surface area contributed by atoms with Crippen LogP contribution in [0.1, 0.15) is 18.9 Å². The largest absolute Gasteiger partial charge is 0.479 e. The number of carbonyl (C=O) groups excluding carboxylic acids is 1. The Hall–Kier alpha value is -1.94. The molecule has 2 fully saturated rings. The van der Waals surface area contributed by atoms with E-state index < -0.39 is 12.1 Å².